The molecule has 1 aliphatic carbocycles. The average molecular weight is 149 g/mol. The summed E-state index contributed by atoms with van der Waals surface area (Å²) in [4.78, 5) is 14.2. The summed E-state index contributed by atoms with van der Waals surface area (Å²) in [5, 5.41) is 0. The molecule has 0 saturated carbocycles. The van der Waals surface area contributed by atoms with E-state index in [1.54, 1.807) is 0 Å². The van der Waals surface area contributed by atoms with Gasteiger partial charge in [-0.15, -0.1) is 0 Å². The SMILES string of the molecule is O=C1CCc2cc[nH]c2CC1. The van der Waals surface area contributed by atoms with E-state index in [0.717, 1.165) is 19.3 Å². The highest BCUT2D eigenvalue weighted by Gasteiger charge is 2.12. The maximum Gasteiger partial charge on any atom is 0.133 e. The number of rotatable bonds is 0. The summed E-state index contributed by atoms with van der Waals surface area (Å²) in [6, 6.07) is 2.08. The Morgan fingerprint density at radius 3 is 2.91 bits per heavy atom. The topological polar surface area (TPSA) is 32.9 Å². The molecule has 1 N–H and O–H groups in total. The number of fused-ring (bicyclic) bond motifs is 1. The first kappa shape index (κ1) is 6.65. The van der Waals surface area contributed by atoms with Crippen LogP contribution in [0.4, 0.5) is 0 Å². The molecule has 0 aliphatic heterocycles. The summed E-state index contributed by atoms with van der Waals surface area (Å²) in [6.45, 7) is 0. The maximum atomic E-state index is 11.0. The molecule has 0 aromatic carbocycles. The van der Waals surface area contributed by atoms with Gasteiger partial charge in [0.2, 0.25) is 0 Å². The van der Waals surface area contributed by atoms with Gasteiger partial charge in [0, 0.05) is 24.7 Å². The van der Waals surface area contributed by atoms with E-state index in [4.69, 9.17) is 0 Å². The summed E-state index contributed by atoms with van der Waals surface area (Å²) in [7, 11) is 0. The number of Topliss-reactive ketones (excluding diaryl/α,β-unsaturated/α-hetero) is 1. The maximum absolute atomic E-state index is 11.0. The molecule has 0 amide bonds. The van der Waals surface area contributed by atoms with Crippen molar-refractivity contribution in [3.05, 3.63) is 23.5 Å². The van der Waals surface area contributed by atoms with Crippen LogP contribution in [0.15, 0.2) is 12.3 Å². The number of hydrogen-bond donors (Lipinski definition) is 1. The van der Waals surface area contributed by atoms with Gasteiger partial charge in [-0.1, -0.05) is 0 Å². The van der Waals surface area contributed by atoms with E-state index in [9.17, 15) is 4.79 Å². The summed E-state index contributed by atoms with van der Waals surface area (Å²) in [5.41, 5.74) is 2.59. The molecule has 1 aliphatic rings. The molecule has 0 spiro atoms. The quantitative estimate of drug-likeness (QED) is 0.556. The number of aromatic amines is 1. The molecule has 2 nitrogen and oxygen atoms in total. The van der Waals surface area contributed by atoms with Gasteiger partial charge >= 0.3 is 0 Å². The standard InChI is InChI=1S/C9H11NO/c11-8-2-1-7-5-6-10-9(7)4-3-8/h5-6,10H,1-4H2. The highest BCUT2D eigenvalue weighted by Crippen LogP contribution is 2.16. The number of aromatic nitrogens is 1. The summed E-state index contributed by atoms with van der Waals surface area (Å²) in [6.07, 6.45) is 5.23. The molecule has 1 aromatic heterocycles. The van der Waals surface area contributed by atoms with E-state index in [1.165, 1.54) is 11.3 Å². The van der Waals surface area contributed by atoms with Crippen LogP contribution in [0.3, 0.4) is 0 Å². The third kappa shape index (κ3) is 1.20. The monoisotopic (exact) mass is 149 g/mol. The number of carbonyl (C=O) groups excluding carboxylic acids is 1. The van der Waals surface area contributed by atoms with E-state index < -0.39 is 0 Å². The molecule has 1 heterocycles. The molecule has 0 atom stereocenters. The Morgan fingerprint density at radius 2 is 2.00 bits per heavy atom. The molecule has 2 rings (SSSR count). The lowest BCUT2D eigenvalue weighted by Crippen LogP contribution is -1.96. The third-order valence-electron chi connectivity index (χ3n) is 2.26. The predicted octanol–water partition coefficient (Wildman–Crippen LogP) is 1.46. The minimum Gasteiger partial charge on any atom is -0.365 e. The van der Waals surface area contributed by atoms with Crippen molar-refractivity contribution in [1.29, 1.82) is 0 Å². The van der Waals surface area contributed by atoms with Crippen LogP contribution in [0, 0.1) is 0 Å². The molecule has 2 heteroatoms. The minimum absolute atomic E-state index is 0.398. The second-order valence-corrected chi connectivity index (χ2v) is 3.02. The largest absolute Gasteiger partial charge is 0.365 e. The van der Waals surface area contributed by atoms with Crippen LogP contribution in [0.5, 0.6) is 0 Å². The summed E-state index contributed by atoms with van der Waals surface area (Å²) < 4.78 is 0. The number of ketones is 1. The first-order chi connectivity index (χ1) is 5.36. The Hall–Kier alpha value is -1.05. The van der Waals surface area contributed by atoms with E-state index in [2.05, 4.69) is 11.1 Å². The van der Waals surface area contributed by atoms with Crippen LogP contribution >= 0.6 is 0 Å². The van der Waals surface area contributed by atoms with Gasteiger partial charge in [-0.3, -0.25) is 4.79 Å². The van der Waals surface area contributed by atoms with Crippen molar-refractivity contribution in [2.75, 3.05) is 0 Å². The lowest BCUT2D eigenvalue weighted by atomic mass is 10.1. The fourth-order valence-electron chi connectivity index (χ4n) is 1.57. The van der Waals surface area contributed by atoms with E-state index in [-0.39, 0.29) is 0 Å². The van der Waals surface area contributed by atoms with Crippen molar-refractivity contribution >= 4 is 5.78 Å². The average Bonchev–Trinajstić information content (AvgIpc) is 2.38. The predicted molar refractivity (Wildman–Crippen MR) is 42.4 cm³/mol. The molecular weight excluding hydrogens is 138 g/mol. The molecule has 0 saturated heterocycles. The van der Waals surface area contributed by atoms with Gasteiger partial charge in [-0.25, -0.2) is 0 Å². The molecule has 1 aromatic rings. The number of nitrogens with one attached hydrogen (secondary N) is 1. The first-order valence-corrected chi connectivity index (χ1v) is 4.03. The lowest BCUT2D eigenvalue weighted by molar-refractivity contribution is -0.118. The number of carbonyl (C=O) groups is 1. The normalized spacial score (nSPS) is 17.6. The smallest absolute Gasteiger partial charge is 0.133 e. The Labute approximate surface area is 65.6 Å². The molecule has 0 bridgehead atoms. The Bertz CT molecular complexity index is 250. The zero-order valence-corrected chi connectivity index (χ0v) is 6.39. The Balaban J connectivity index is 2.27. The van der Waals surface area contributed by atoms with Crippen LogP contribution in [0.2, 0.25) is 0 Å². The van der Waals surface area contributed by atoms with Gasteiger partial charge in [0.05, 0.1) is 0 Å². The van der Waals surface area contributed by atoms with Gasteiger partial charge in [-0.2, -0.15) is 0 Å². The zero-order valence-electron chi connectivity index (χ0n) is 6.39. The molecule has 0 fully saturated rings. The molecule has 0 radical (unpaired) electrons. The highest BCUT2D eigenvalue weighted by molar-refractivity contribution is 5.79. The van der Waals surface area contributed by atoms with Crippen LogP contribution in [0.25, 0.3) is 0 Å². The number of aryl methyl sites for hydroxylation is 2. The zero-order chi connectivity index (χ0) is 7.68. The molecule has 58 valence electrons. The van der Waals surface area contributed by atoms with Gasteiger partial charge in [0.25, 0.3) is 0 Å². The van der Waals surface area contributed by atoms with Crippen molar-refractivity contribution in [2.24, 2.45) is 0 Å². The number of hydrogen-bond acceptors (Lipinski definition) is 1. The molecular formula is C9H11NO. The third-order valence-corrected chi connectivity index (χ3v) is 2.26. The van der Waals surface area contributed by atoms with Crippen molar-refractivity contribution < 1.29 is 4.79 Å². The Morgan fingerprint density at radius 1 is 1.18 bits per heavy atom. The fraction of sp³-hybridized carbons (Fsp3) is 0.444. The van der Waals surface area contributed by atoms with Crippen molar-refractivity contribution in [3.63, 3.8) is 0 Å². The second kappa shape index (κ2) is 2.53. The van der Waals surface area contributed by atoms with E-state index >= 15 is 0 Å². The van der Waals surface area contributed by atoms with E-state index in [1.807, 2.05) is 6.20 Å². The van der Waals surface area contributed by atoms with Crippen molar-refractivity contribution in [1.82, 2.24) is 4.98 Å². The molecule has 0 unspecified atom stereocenters. The lowest BCUT2D eigenvalue weighted by Gasteiger charge is -1.93. The van der Waals surface area contributed by atoms with E-state index in [0.29, 0.717) is 12.2 Å². The van der Waals surface area contributed by atoms with Crippen LogP contribution in [-0.2, 0) is 17.6 Å². The first-order valence-electron chi connectivity index (χ1n) is 4.03. The van der Waals surface area contributed by atoms with Crippen molar-refractivity contribution in [3.8, 4) is 0 Å². The van der Waals surface area contributed by atoms with Crippen LogP contribution in [-0.4, -0.2) is 10.8 Å². The van der Waals surface area contributed by atoms with Crippen molar-refractivity contribution in [2.45, 2.75) is 25.7 Å². The summed E-state index contributed by atoms with van der Waals surface area (Å²) in [5.74, 6) is 0.398. The summed E-state index contributed by atoms with van der Waals surface area (Å²) >= 11 is 0. The number of H-pyrrole nitrogens is 1. The minimum atomic E-state index is 0.398. The van der Waals surface area contributed by atoms with Crippen LogP contribution < -0.4 is 0 Å². The van der Waals surface area contributed by atoms with Gasteiger partial charge in [0.15, 0.2) is 0 Å². The fourth-order valence-corrected chi connectivity index (χ4v) is 1.57. The Kier molecular flexibility index (Phi) is 1.53. The second-order valence-electron chi connectivity index (χ2n) is 3.02. The van der Waals surface area contributed by atoms with Crippen LogP contribution in [0.1, 0.15) is 24.1 Å². The van der Waals surface area contributed by atoms with Gasteiger partial charge in [-0.05, 0) is 24.5 Å². The van der Waals surface area contributed by atoms with Gasteiger partial charge in [0.1, 0.15) is 5.78 Å². The van der Waals surface area contributed by atoms with Gasteiger partial charge < -0.3 is 4.98 Å². The highest BCUT2D eigenvalue weighted by atomic mass is 16.1. The molecule has 11 heavy (non-hydrogen) atoms.